The van der Waals surface area contributed by atoms with Crippen molar-refractivity contribution in [1.82, 2.24) is 18.9 Å². The second-order valence-electron chi connectivity index (χ2n) is 16.2. The molecule has 5 aromatic rings. The van der Waals surface area contributed by atoms with Crippen LogP contribution < -0.4 is 0 Å². The Morgan fingerprint density at radius 1 is 0.644 bits per heavy atom. The molecule has 6 aliphatic heterocycles. The van der Waals surface area contributed by atoms with E-state index in [9.17, 15) is 29.4 Å². The van der Waals surface area contributed by atoms with Gasteiger partial charge in [-0.3, -0.25) is 28.3 Å². The summed E-state index contributed by atoms with van der Waals surface area (Å²) in [7, 11) is 0. The van der Waals surface area contributed by atoms with Crippen LogP contribution in [0.1, 0.15) is 72.5 Å². The van der Waals surface area contributed by atoms with Gasteiger partial charge in [0.15, 0.2) is 35.4 Å². The summed E-state index contributed by atoms with van der Waals surface area (Å²) in [6.45, 7) is 3.08. The van der Waals surface area contributed by atoms with E-state index in [4.69, 9.17) is 23.4 Å². The second-order valence-corrected chi connectivity index (χ2v) is 16.2. The molecule has 0 saturated carbocycles. The van der Waals surface area contributed by atoms with Crippen LogP contribution in [-0.2, 0) is 28.5 Å². The van der Waals surface area contributed by atoms with Gasteiger partial charge in [0.25, 0.3) is 11.8 Å². The van der Waals surface area contributed by atoms with Gasteiger partial charge in [0.2, 0.25) is 0 Å². The zero-order chi connectivity index (χ0) is 40.5. The van der Waals surface area contributed by atoms with Gasteiger partial charge in [-0.1, -0.05) is 0 Å². The van der Waals surface area contributed by atoms with Crippen LogP contribution in [0.2, 0.25) is 0 Å². The average molecular weight is 801 g/mol. The second kappa shape index (κ2) is 12.6. The minimum absolute atomic E-state index is 0.266. The van der Waals surface area contributed by atoms with Crippen molar-refractivity contribution in [2.75, 3.05) is 26.3 Å². The maximum atomic E-state index is 14.7. The summed E-state index contributed by atoms with van der Waals surface area (Å²) in [5.41, 5.74) is 1.14. The summed E-state index contributed by atoms with van der Waals surface area (Å²) >= 11 is 0. The highest BCUT2D eigenvalue weighted by Gasteiger charge is 2.61. The Kier molecular flexibility index (Phi) is 7.64. The number of carbonyl (C=O) groups is 4. The molecule has 2 N–H and O–H groups in total. The van der Waals surface area contributed by atoms with Gasteiger partial charge in [-0.25, -0.2) is 0 Å². The predicted octanol–water partition coefficient (Wildman–Crippen LogP) is 4.71. The van der Waals surface area contributed by atoms with Crippen LogP contribution in [0.5, 0.6) is 0 Å². The van der Waals surface area contributed by atoms with Gasteiger partial charge in [0.05, 0.1) is 11.8 Å². The number of nitrogens with zero attached hydrogens (tertiary/aromatic N) is 4. The molecule has 0 amide bonds. The van der Waals surface area contributed by atoms with Crippen LogP contribution in [0.15, 0.2) is 111 Å². The Morgan fingerprint density at radius 2 is 1.02 bits per heavy atom. The molecule has 0 aromatic carbocycles. The molecule has 8 bridgehead atoms. The quantitative estimate of drug-likeness (QED) is 0.186. The molecule has 11 rings (SSSR count). The first-order chi connectivity index (χ1) is 28.4. The number of hydrogen-bond donors (Lipinski definition) is 2. The average Bonchev–Trinajstić information content (AvgIpc) is 4.10. The summed E-state index contributed by atoms with van der Waals surface area (Å²) in [6.07, 6.45) is 3.41. The molecule has 11 heterocycles. The molecule has 0 radical (unpaired) electrons. The van der Waals surface area contributed by atoms with E-state index in [-0.39, 0.29) is 47.7 Å². The molecule has 6 aliphatic rings. The number of aliphatic hydroxyl groups is 2. The Hall–Kier alpha value is -6.32. The molecule has 15 heteroatoms. The molecular weight excluding hydrogens is 761 g/mol. The van der Waals surface area contributed by atoms with Crippen molar-refractivity contribution in [3.8, 4) is 0 Å². The molecule has 302 valence electrons. The lowest BCUT2D eigenvalue weighted by Gasteiger charge is -2.33. The van der Waals surface area contributed by atoms with Crippen LogP contribution in [-0.4, -0.2) is 103 Å². The van der Waals surface area contributed by atoms with Crippen LogP contribution in [0, 0.1) is 0 Å². The third-order valence-electron chi connectivity index (χ3n) is 13.0. The molecule has 0 aliphatic carbocycles. The van der Waals surface area contributed by atoms with Crippen molar-refractivity contribution in [2.24, 2.45) is 0 Å². The lowest BCUT2D eigenvalue weighted by molar-refractivity contribution is -0.142. The highest BCUT2D eigenvalue weighted by Crippen LogP contribution is 2.54. The van der Waals surface area contributed by atoms with Gasteiger partial charge in [-0.2, -0.15) is 0 Å². The highest BCUT2D eigenvalue weighted by molar-refractivity contribution is 6.07. The predicted molar refractivity (Wildman–Crippen MR) is 207 cm³/mol. The number of hydrogen-bond acceptors (Lipinski definition) is 13. The number of esters is 2. The molecule has 4 saturated heterocycles. The SMILES string of the molecule is CC(=O)OCC(C1=C(C(=O)n2c3ccc2cc3)C=C2OC1C1(O)CCCN21)c1ccc([C@H](COC(C)=O)C2=C(C(=O)n3c4ccc3cc4)C=C3OC2C2(O)CCCN32)o1. The number of fused-ring (bicyclic) bond motifs is 14. The number of ether oxygens (including phenoxy) is 4. The molecule has 0 spiro atoms. The summed E-state index contributed by atoms with van der Waals surface area (Å²) in [6, 6.07) is 18.2. The number of allylic oxidation sites excluding steroid dienone is 4. The lowest BCUT2D eigenvalue weighted by Crippen LogP contribution is -2.47. The van der Waals surface area contributed by atoms with Gasteiger partial charge in [0.1, 0.15) is 24.7 Å². The van der Waals surface area contributed by atoms with Crippen molar-refractivity contribution < 1.29 is 52.8 Å². The first kappa shape index (κ1) is 35.8. The summed E-state index contributed by atoms with van der Waals surface area (Å²) in [5, 5.41) is 24.5. The molecule has 59 heavy (non-hydrogen) atoms. The van der Waals surface area contributed by atoms with E-state index in [1.54, 1.807) is 43.2 Å². The summed E-state index contributed by atoms with van der Waals surface area (Å²) in [5.74, 6) is -2.41. The van der Waals surface area contributed by atoms with Crippen molar-refractivity contribution >= 4 is 45.8 Å². The van der Waals surface area contributed by atoms with Gasteiger partial charge in [-0.15, -0.1) is 0 Å². The Balaban J connectivity index is 1.07. The Labute approximate surface area is 336 Å². The fourth-order valence-corrected chi connectivity index (χ4v) is 10.3. The zero-order valence-electron chi connectivity index (χ0n) is 32.3. The maximum Gasteiger partial charge on any atom is 0.302 e. The monoisotopic (exact) mass is 800 g/mol. The number of benzene rings is 2. The molecule has 6 atom stereocenters. The molecule has 15 nitrogen and oxygen atoms in total. The van der Waals surface area contributed by atoms with E-state index in [1.165, 1.54) is 13.8 Å². The fourth-order valence-electron chi connectivity index (χ4n) is 10.3. The largest absolute Gasteiger partial charge is 0.466 e. The van der Waals surface area contributed by atoms with E-state index in [2.05, 4.69) is 0 Å². The number of furan rings is 1. The van der Waals surface area contributed by atoms with Crippen LogP contribution in [0.3, 0.4) is 0 Å². The van der Waals surface area contributed by atoms with E-state index in [0.717, 1.165) is 0 Å². The third-order valence-corrected chi connectivity index (χ3v) is 13.0. The Morgan fingerprint density at radius 3 is 1.37 bits per heavy atom. The van der Waals surface area contributed by atoms with E-state index in [0.29, 0.717) is 83.8 Å². The van der Waals surface area contributed by atoms with Crippen molar-refractivity contribution in [3.63, 3.8) is 0 Å². The minimum Gasteiger partial charge on any atom is -0.466 e. The van der Waals surface area contributed by atoms with E-state index in [1.807, 2.05) is 48.5 Å². The lowest BCUT2D eigenvalue weighted by atomic mass is 9.83. The number of carbonyl (C=O) groups excluding carboxylic acids is 4. The first-order valence-corrected chi connectivity index (χ1v) is 19.9. The topological polar surface area (TPSA) is 175 Å². The van der Waals surface area contributed by atoms with Gasteiger partial charge >= 0.3 is 11.9 Å². The van der Waals surface area contributed by atoms with Gasteiger partial charge < -0.3 is 43.4 Å². The standard InChI is InChI=1S/C44H40N4O11/c1-23(49)55-21-31(37-29(41(51)47-25-5-6-26(47)8-7-25)19-35-45-17-3-15-43(45,53)39(37)58-35)33-13-14-34(57-33)32(22-56-24(2)50)38-30(42(52)48-27-9-10-28(48)12-11-27)20-36-46-18-4-16-44(46,54)40(38)59-36/h5-14,19-20,31-32,39-40,53-54H,3-4,15-18,21-22H2,1-2H3/t31-,32?,39?,40?,43?,44?/m0/s1. The molecule has 4 fully saturated rings. The number of rotatable bonds is 10. The highest BCUT2D eigenvalue weighted by atomic mass is 16.6. The number of aromatic nitrogens is 2. The van der Waals surface area contributed by atoms with Gasteiger partial charge in [-0.05, 0) is 73.5 Å². The Bertz CT molecular complexity index is 2450. The smallest absolute Gasteiger partial charge is 0.302 e. The van der Waals surface area contributed by atoms with Crippen molar-refractivity contribution in [1.29, 1.82) is 0 Å². The first-order valence-electron chi connectivity index (χ1n) is 19.9. The molecular formula is C44H40N4O11. The maximum absolute atomic E-state index is 14.7. The van der Waals surface area contributed by atoms with Crippen molar-refractivity contribution in [3.05, 3.63) is 118 Å². The molecule has 5 unspecified atom stereocenters. The third kappa shape index (κ3) is 5.07. The normalized spacial score (nSPS) is 26.6. The fraction of sp³-hybridized carbons (Fsp3) is 0.364. The molecule has 5 aromatic heterocycles. The van der Waals surface area contributed by atoms with Gasteiger partial charge in [0, 0.05) is 96.3 Å². The van der Waals surface area contributed by atoms with Crippen molar-refractivity contribution in [2.45, 2.75) is 75.0 Å². The van der Waals surface area contributed by atoms with Crippen LogP contribution in [0.4, 0.5) is 0 Å². The van der Waals surface area contributed by atoms with Crippen LogP contribution >= 0.6 is 0 Å². The summed E-state index contributed by atoms with van der Waals surface area (Å²) in [4.78, 5) is 57.9. The van der Waals surface area contributed by atoms with E-state index >= 15 is 0 Å². The van der Waals surface area contributed by atoms with E-state index < -0.39 is 47.4 Å². The minimum atomic E-state index is -1.48. The van der Waals surface area contributed by atoms with Crippen LogP contribution in [0.25, 0.3) is 22.1 Å². The summed E-state index contributed by atoms with van der Waals surface area (Å²) < 4.78 is 34.2. The zero-order valence-corrected chi connectivity index (χ0v) is 32.3.